The van der Waals surface area contributed by atoms with Gasteiger partial charge in [-0.3, -0.25) is 0 Å². The normalized spacial score (nSPS) is 23.9. The first-order valence-electron chi connectivity index (χ1n) is 5.03. The number of benzene rings is 1. The van der Waals surface area contributed by atoms with E-state index in [1.54, 1.807) is 0 Å². The van der Waals surface area contributed by atoms with Crippen molar-refractivity contribution in [3.63, 3.8) is 0 Å². The van der Waals surface area contributed by atoms with Crippen LogP contribution in [0.4, 0.5) is 0 Å². The Hall–Kier alpha value is -0.640. The van der Waals surface area contributed by atoms with Crippen LogP contribution >= 0.6 is 15.9 Å². The zero-order valence-electron chi connectivity index (χ0n) is 8.41. The zero-order chi connectivity index (χ0) is 10.8. The maximum Gasteiger partial charge on any atom is 0.0949 e. The Morgan fingerprint density at radius 2 is 2.40 bits per heavy atom. The smallest absolute Gasteiger partial charge is 0.0949 e. The molecule has 0 saturated heterocycles. The molecule has 0 aromatic heterocycles. The molecule has 0 radical (unpaired) electrons. The summed E-state index contributed by atoms with van der Waals surface area (Å²) in [6, 6.07) is 6.07. The second-order valence-corrected chi connectivity index (χ2v) is 4.61. The topological polar surface area (TPSA) is 32.3 Å². The molecule has 0 bridgehead atoms. The molecule has 1 aromatic carbocycles. The van der Waals surface area contributed by atoms with Crippen LogP contribution in [0.1, 0.15) is 17.2 Å². The van der Waals surface area contributed by atoms with Crippen LogP contribution in [-0.4, -0.2) is 17.7 Å². The van der Waals surface area contributed by atoms with E-state index in [1.807, 2.05) is 24.3 Å². The lowest BCUT2D eigenvalue weighted by atomic mass is 10.1. The maximum atomic E-state index is 10.1. The van der Waals surface area contributed by atoms with Crippen LogP contribution in [-0.2, 0) is 6.42 Å². The molecular weight excluding hydrogens is 254 g/mol. The molecule has 0 saturated carbocycles. The fourth-order valence-corrected chi connectivity index (χ4v) is 2.58. The van der Waals surface area contributed by atoms with Gasteiger partial charge in [0.1, 0.15) is 0 Å². The molecule has 2 rings (SSSR count). The predicted molar refractivity (Wildman–Crippen MR) is 64.8 cm³/mol. The summed E-state index contributed by atoms with van der Waals surface area (Å²) in [5, 5.41) is 13.3. The number of rotatable bonds is 3. The Labute approximate surface area is 98.1 Å². The van der Waals surface area contributed by atoms with Crippen LogP contribution in [0.25, 0.3) is 0 Å². The minimum absolute atomic E-state index is 0.108. The molecule has 1 aliphatic carbocycles. The van der Waals surface area contributed by atoms with Crippen molar-refractivity contribution in [2.24, 2.45) is 0 Å². The molecule has 2 nitrogen and oxygen atoms in total. The Morgan fingerprint density at radius 1 is 1.60 bits per heavy atom. The van der Waals surface area contributed by atoms with E-state index in [9.17, 15) is 5.11 Å². The standard InChI is InChI=1S/C12H14BrNO/c1-2-6-14-11-7-9-8(12(11)15)4-3-5-10(9)13/h2-5,11-12,14-15H,1,6-7H2. The van der Waals surface area contributed by atoms with Crippen molar-refractivity contribution >= 4 is 15.9 Å². The van der Waals surface area contributed by atoms with Crippen LogP contribution in [0.3, 0.4) is 0 Å². The van der Waals surface area contributed by atoms with Crippen LogP contribution in [0.5, 0.6) is 0 Å². The van der Waals surface area contributed by atoms with Crippen LogP contribution in [0.2, 0.25) is 0 Å². The van der Waals surface area contributed by atoms with Gasteiger partial charge in [-0.1, -0.05) is 34.1 Å². The van der Waals surface area contributed by atoms with Crippen molar-refractivity contribution in [3.8, 4) is 0 Å². The number of fused-ring (bicyclic) bond motifs is 1. The van der Waals surface area contributed by atoms with E-state index in [0.717, 1.165) is 23.0 Å². The van der Waals surface area contributed by atoms with Gasteiger partial charge in [0.25, 0.3) is 0 Å². The average molecular weight is 268 g/mol. The highest BCUT2D eigenvalue weighted by Gasteiger charge is 2.31. The van der Waals surface area contributed by atoms with Gasteiger partial charge in [0.15, 0.2) is 0 Å². The van der Waals surface area contributed by atoms with Crippen molar-refractivity contribution in [1.82, 2.24) is 5.32 Å². The molecule has 2 N–H and O–H groups in total. The lowest BCUT2D eigenvalue weighted by molar-refractivity contribution is 0.144. The summed E-state index contributed by atoms with van der Waals surface area (Å²) in [6.45, 7) is 4.39. The average Bonchev–Trinajstić information content (AvgIpc) is 2.55. The summed E-state index contributed by atoms with van der Waals surface area (Å²) in [6.07, 6.45) is 2.27. The minimum Gasteiger partial charge on any atom is -0.387 e. The van der Waals surface area contributed by atoms with Gasteiger partial charge in [-0.05, 0) is 23.6 Å². The Morgan fingerprint density at radius 3 is 3.07 bits per heavy atom. The maximum absolute atomic E-state index is 10.1. The Balaban J connectivity index is 2.21. The molecular formula is C12H14BrNO. The Bertz CT molecular complexity index is 378. The molecule has 3 heteroatoms. The summed E-state index contributed by atoms with van der Waals surface area (Å²) in [5.41, 5.74) is 2.25. The van der Waals surface area contributed by atoms with Gasteiger partial charge in [0.2, 0.25) is 0 Å². The van der Waals surface area contributed by atoms with Gasteiger partial charge < -0.3 is 10.4 Å². The number of halogens is 1. The quantitative estimate of drug-likeness (QED) is 0.823. The number of hydrogen-bond acceptors (Lipinski definition) is 2. The fourth-order valence-electron chi connectivity index (χ4n) is 2.03. The first-order chi connectivity index (χ1) is 7.24. The zero-order valence-corrected chi connectivity index (χ0v) is 10.00. The summed E-state index contributed by atoms with van der Waals surface area (Å²) >= 11 is 3.51. The lowest BCUT2D eigenvalue weighted by Crippen LogP contribution is -2.32. The van der Waals surface area contributed by atoms with Crippen LogP contribution in [0.15, 0.2) is 35.3 Å². The van der Waals surface area contributed by atoms with Gasteiger partial charge in [-0.15, -0.1) is 6.58 Å². The van der Waals surface area contributed by atoms with Gasteiger partial charge >= 0.3 is 0 Å². The summed E-state index contributed by atoms with van der Waals surface area (Å²) in [4.78, 5) is 0. The Kier molecular flexibility index (Phi) is 3.24. The van der Waals surface area contributed by atoms with Crippen molar-refractivity contribution in [2.45, 2.75) is 18.6 Å². The first-order valence-corrected chi connectivity index (χ1v) is 5.83. The summed E-state index contributed by atoms with van der Waals surface area (Å²) in [5.74, 6) is 0. The third kappa shape index (κ3) is 2.00. The number of nitrogens with one attached hydrogen (secondary N) is 1. The van der Waals surface area contributed by atoms with E-state index in [2.05, 4.69) is 27.8 Å². The number of hydrogen-bond donors (Lipinski definition) is 2. The van der Waals surface area contributed by atoms with E-state index in [1.165, 1.54) is 5.56 Å². The molecule has 0 aliphatic heterocycles. The van der Waals surface area contributed by atoms with Crippen LogP contribution < -0.4 is 5.32 Å². The number of aliphatic hydroxyl groups is 1. The van der Waals surface area contributed by atoms with Gasteiger partial charge in [-0.25, -0.2) is 0 Å². The highest BCUT2D eigenvalue weighted by atomic mass is 79.9. The number of aliphatic hydroxyl groups excluding tert-OH is 1. The molecule has 0 spiro atoms. The fraction of sp³-hybridized carbons (Fsp3) is 0.333. The molecule has 0 fully saturated rings. The molecule has 0 amide bonds. The molecule has 2 unspecified atom stereocenters. The second-order valence-electron chi connectivity index (χ2n) is 3.76. The summed E-state index contributed by atoms with van der Waals surface area (Å²) < 4.78 is 1.09. The SMILES string of the molecule is C=CCNC1Cc2c(Br)cccc2C1O. The van der Waals surface area contributed by atoms with Crippen molar-refractivity contribution in [1.29, 1.82) is 0 Å². The van der Waals surface area contributed by atoms with Crippen molar-refractivity contribution < 1.29 is 5.11 Å². The van der Waals surface area contributed by atoms with Crippen molar-refractivity contribution in [3.05, 3.63) is 46.5 Å². The molecule has 2 atom stereocenters. The summed E-state index contributed by atoms with van der Waals surface area (Å²) in [7, 11) is 0. The minimum atomic E-state index is -0.405. The highest BCUT2D eigenvalue weighted by molar-refractivity contribution is 9.10. The van der Waals surface area contributed by atoms with E-state index in [-0.39, 0.29) is 6.04 Å². The van der Waals surface area contributed by atoms with Gasteiger partial charge in [-0.2, -0.15) is 0 Å². The van der Waals surface area contributed by atoms with Crippen molar-refractivity contribution in [2.75, 3.05) is 6.54 Å². The third-order valence-corrected chi connectivity index (χ3v) is 3.55. The highest BCUT2D eigenvalue weighted by Crippen LogP contribution is 2.35. The van der Waals surface area contributed by atoms with Crippen LogP contribution in [0, 0.1) is 0 Å². The monoisotopic (exact) mass is 267 g/mol. The largest absolute Gasteiger partial charge is 0.387 e. The lowest BCUT2D eigenvalue weighted by Gasteiger charge is -2.15. The molecule has 1 aromatic rings. The predicted octanol–water partition coefficient (Wildman–Crippen LogP) is 2.18. The second kappa shape index (κ2) is 4.47. The molecule has 1 aliphatic rings. The molecule has 15 heavy (non-hydrogen) atoms. The first kappa shape index (κ1) is 10.9. The van der Waals surface area contributed by atoms with E-state index in [4.69, 9.17) is 0 Å². The molecule has 80 valence electrons. The van der Waals surface area contributed by atoms with Gasteiger partial charge in [0, 0.05) is 17.1 Å². The van der Waals surface area contributed by atoms with Gasteiger partial charge in [0.05, 0.1) is 6.10 Å². The van der Waals surface area contributed by atoms with E-state index >= 15 is 0 Å². The van der Waals surface area contributed by atoms with E-state index in [0.29, 0.717) is 0 Å². The molecule has 0 heterocycles. The third-order valence-electron chi connectivity index (χ3n) is 2.80. The van der Waals surface area contributed by atoms with E-state index < -0.39 is 6.10 Å².